The molecule has 0 spiro atoms. The lowest BCUT2D eigenvalue weighted by molar-refractivity contribution is -0.143. The van der Waals surface area contributed by atoms with Crippen LogP contribution < -0.4 is 10.1 Å². The van der Waals surface area contributed by atoms with Gasteiger partial charge >= 0.3 is 5.97 Å². The number of Topliss-reactive ketones (excluding diaryl/α,β-unsaturated/α-hetero) is 1. The Bertz CT molecular complexity index is 1220. The predicted octanol–water partition coefficient (Wildman–Crippen LogP) is 5.91. The first-order valence-corrected chi connectivity index (χ1v) is 12.0. The number of carbonyl (C=O) groups excluding carboxylic acids is 2. The van der Waals surface area contributed by atoms with Gasteiger partial charge in [-0.15, -0.1) is 0 Å². The second kappa shape index (κ2) is 9.74. The van der Waals surface area contributed by atoms with Gasteiger partial charge in [0.2, 0.25) is 0 Å². The van der Waals surface area contributed by atoms with Gasteiger partial charge in [-0.3, -0.25) is 4.79 Å². The molecule has 34 heavy (non-hydrogen) atoms. The topological polar surface area (TPSA) is 64.6 Å². The van der Waals surface area contributed by atoms with E-state index in [2.05, 4.69) is 21.2 Å². The molecule has 1 aliphatic heterocycles. The van der Waals surface area contributed by atoms with E-state index in [-0.39, 0.29) is 28.7 Å². The standard InChI is InChI=1S/C27H27BrFNO4/c1-14(2)34-27(32)24-15(3)30-21-12-17(18-7-5-6-8-23(18)33-4)13-22(31)26(21)25(24)16-9-10-20(29)19(28)11-16/h5-11,14,17,25,30H,12-13H2,1-4H3/t17-,25-/m0/s1. The molecule has 1 aliphatic carbocycles. The predicted molar refractivity (Wildman–Crippen MR) is 131 cm³/mol. The summed E-state index contributed by atoms with van der Waals surface area (Å²) in [6, 6.07) is 12.3. The van der Waals surface area contributed by atoms with E-state index >= 15 is 0 Å². The minimum Gasteiger partial charge on any atom is -0.496 e. The molecule has 2 aromatic carbocycles. The summed E-state index contributed by atoms with van der Waals surface area (Å²) in [5.74, 6) is -0.926. The van der Waals surface area contributed by atoms with Crippen LogP contribution in [0.25, 0.3) is 0 Å². The third-order valence-electron chi connectivity index (χ3n) is 6.25. The molecule has 0 amide bonds. The molecular formula is C27H27BrFNO4. The van der Waals surface area contributed by atoms with E-state index in [1.165, 1.54) is 6.07 Å². The largest absolute Gasteiger partial charge is 0.496 e. The van der Waals surface area contributed by atoms with Crippen molar-refractivity contribution < 1.29 is 23.5 Å². The number of benzene rings is 2. The Morgan fingerprint density at radius 2 is 1.91 bits per heavy atom. The highest BCUT2D eigenvalue weighted by Crippen LogP contribution is 2.47. The molecule has 5 nitrogen and oxygen atoms in total. The minimum atomic E-state index is -0.648. The second-order valence-corrected chi connectivity index (χ2v) is 9.74. The van der Waals surface area contributed by atoms with Crippen molar-refractivity contribution in [3.05, 3.63) is 86.4 Å². The van der Waals surface area contributed by atoms with Gasteiger partial charge in [0.1, 0.15) is 11.6 Å². The summed E-state index contributed by atoms with van der Waals surface area (Å²) in [7, 11) is 1.62. The van der Waals surface area contributed by atoms with Crippen LogP contribution in [0.15, 0.2) is 69.5 Å². The fourth-order valence-electron chi connectivity index (χ4n) is 4.84. The molecule has 2 aliphatic rings. The lowest BCUT2D eigenvalue weighted by atomic mass is 9.71. The van der Waals surface area contributed by atoms with Crippen molar-refractivity contribution in [1.29, 1.82) is 0 Å². The average molecular weight is 528 g/mol. The lowest BCUT2D eigenvalue weighted by Crippen LogP contribution is -2.36. The number of para-hydroxylation sites is 1. The van der Waals surface area contributed by atoms with E-state index in [0.29, 0.717) is 28.8 Å². The molecule has 7 heteroatoms. The quantitative estimate of drug-likeness (QED) is 0.489. The highest BCUT2D eigenvalue weighted by atomic mass is 79.9. The summed E-state index contributed by atoms with van der Waals surface area (Å²) in [5, 5.41) is 3.33. The SMILES string of the molecule is COc1ccccc1[C@@H]1CC(=O)C2=C(C1)NC(C)=C(C(=O)OC(C)C)[C@@H]2c1ccc(F)c(Br)c1. The van der Waals surface area contributed by atoms with Gasteiger partial charge < -0.3 is 14.8 Å². The van der Waals surface area contributed by atoms with Gasteiger partial charge in [0.25, 0.3) is 0 Å². The van der Waals surface area contributed by atoms with Crippen LogP contribution in [-0.2, 0) is 14.3 Å². The number of dihydropyridines is 1. The van der Waals surface area contributed by atoms with Gasteiger partial charge in [0, 0.05) is 35.2 Å². The van der Waals surface area contributed by atoms with Crippen LogP contribution in [0.5, 0.6) is 5.75 Å². The molecule has 0 bridgehead atoms. The number of esters is 1. The number of ketones is 1. The zero-order valence-electron chi connectivity index (χ0n) is 19.6. The Labute approximate surface area is 207 Å². The third-order valence-corrected chi connectivity index (χ3v) is 6.85. The molecule has 178 valence electrons. The number of allylic oxidation sites excluding steroid dienone is 3. The van der Waals surface area contributed by atoms with Crippen LogP contribution >= 0.6 is 15.9 Å². The first kappa shape index (κ1) is 24.2. The number of nitrogens with one attached hydrogen (secondary N) is 1. The normalized spacial score (nSPS) is 20.3. The average Bonchev–Trinajstić information content (AvgIpc) is 2.79. The Balaban J connectivity index is 1.82. The van der Waals surface area contributed by atoms with Gasteiger partial charge in [-0.05, 0) is 72.4 Å². The lowest BCUT2D eigenvalue weighted by Gasteiger charge is -2.37. The third kappa shape index (κ3) is 4.53. The molecule has 1 heterocycles. The molecule has 0 aromatic heterocycles. The van der Waals surface area contributed by atoms with E-state index in [9.17, 15) is 14.0 Å². The fourth-order valence-corrected chi connectivity index (χ4v) is 5.23. The Hall–Kier alpha value is -2.93. The molecule has 1 N–H and O–H groups in total. The second-order valence-electron chi connectivity index (χ2n) is 8.89. The van der Waals surface area contributed by atoms with E-state index in [0.717, 1.165) is 17.0 Å². The number of methoxy groups -OCH3 is 1. The van der Waals surface area contributed by atoms with Crippen molar-refractivity contribution in [3.8, 4) is 5.75 Å². The van der Waals surface area contributed by atoms with Gasteiger partial charge in [-0.2, -0.15) is 0 Å². The summed E-state index contributed by atoms with van der Waals surface area (Å²) in [6.07, 6.45) is 0.552. The van der Waals surface area contributed by atoms with E-state index < -0.39 is 17.7 Å². The Kier molecular flexibility index (Phi) is 6.94. The molecule has 2 aromatic rings. The van der Waals surface area contributed by atoms with Crippen LogP contribution in [-0.4, -0.2) is 25.0 Å². The first-order chi connectivity index (χ1) is 16.2. The van der Waals surface area contributed by atoms with Crippen LogP contribution in [0.2, 0.25) is 0 Å². The summed E-state index contributed by atoms with van der Waals surface area (Å²) >= 11 is 3.25. The van der Waals surface area contributed by atoms with E-state index in [1.54, 1.807) is 33.1 Å². The molecule has 0 saturated heterocycles. The molecule has 0 radical (unpaired) electrons. The van der Waals surface area contributed by atoms with Crippen molar-refractivity contribution in [2.24, 2.45) is 0 Å². The van der Waals surface area contributed by atoms with Crippen LogP contribution in [0.3, 0.4) is 0 Å². The van der Waals surface area contributed by atoms with Crippen LogP contribution in [0, 0.1) is 5.82 Å². The van der Waals surface area contributed by atoms with Gasteiger partial charge in [-0.25, -0.2) is 9.18 Å². The maximum absolute atomic E-state index is 14.0. The number of rotatable bonds is 5. The van der Waals surface area contributed by atoms with Crippen LogP contribution in [0.1, 0.15) is 56.6 Å². The van der Waals surface area contributed by atoms with Crippen molar-refractivity contribution in [3.63, 3.8) is 0 Å². The summed E-state index contributed by atoms with van der Waals surface area (Å²) in [5.41, 5.74) is 3.93. The summed E-state index contributed by atoms with van der Waals surface area (Å²) < 4.78 is 25.4. The van der Waals surface area contributed by atoms with Gasteiger partial charge in [0.05, 0.1) is 23.3 Å². The van der Waals surface area contributed by atoms with Crippen LogP contribution in [0.4, 0.5) is 4.39 Å². The summed E-state index contributed by atoms with van der Waals surface area (Å²) in [6.45, 7) is 5.37. The number of halogens is 2. The highest BCUT2D eigenvalue weighted by molar-refractivity contribution is 9.10. The number of carbonyl (C=O) groups is 2. The highest BCUT2D eigenvalue weighted by Gasteiger charge is 2.42. The number of ether oxygens (including phenoxy) is 2. The summed E-state index contributed by atoms with van der Waals surface area (Å²) in [4.78, 5) is 26.8. The zero-order chi connectivity index (χ0) is 24.6. The first-order valence-electron chi connectivity index (χ1n) is 11.2. The Morgan fingerprint density at radius 3 is 2.59 bits per heavy atom. The zero-order valence-corrected chi connectivity index (χ0v) is 21.2. The van der Waals surface area contributed by atoms with Crippen molar-refractivity contribution >= 4 is 27.7 Å². The van der Waals surface area contributed by atoms with Crippen molar-refractivity contribution in [2.75, 3.05) is 7.11 Å². The monoisotopic (exact) mass is 527 g/mol. The molecule has 4 rings (SSSR count). The number of hydrogen-bond donors (Lipinski definition) is 1. The van der Waals surface area contributed by atoms with Crippen molar-refractivity contribution in [1.82, 2.24) is 5.32 Å². The molecular weight excluding hydrogens is 501 g/mol. The van der Waals surface area contributed by atoms with Gasteiger partial charge in [-0.1, -0.05) is 24.3 Å². The smallest absolute Gasteiger partial charge is 0.337 e. The fraction of sp³-hybridized carbons (Fsp3) is 0.333. The molecule has 0 fully saturated rings. The maximum atomic E-state index is 14.0. The molecule has 2 atom stereocenters. The maximum Gasteiger partial charge on any atom is 0.337 e. The number of hydrogen-bond acceptors (Lipinski definition) is 5. The van der Waals surface area contributed by atoms with Gasteiger partial charge in [0.15, 0.2) is 5.78 Å². The van der Waals surface area contributed by atoms with E-state index in [1.807, 2.05) is 31.2 Å². The molecule has 0 unspecified atom stereocenters. The minimum absolute atomic E-state index is 0.0579. The Morgan fingerprint density at radius 1 is 1.18 bits per heavy atom. The van der Waals surface area contributed by atoms with E-state index in [4.69, 9.17) is 9.47 Å². The van der Waals surface area contributed by atoms with Crippen molar-refractivity contribution in [2.45, 2.75) is 51.6 Å². The molecule has 0 saturated carbocycles.